The molecule has 0 saturated carbocycles. The fraction of sp³-hybridized carbons (Fsp3) is 0.588. The first kappa shape index (κ1) is 16.3. The van der Waals surface area contributed by atoms with Gasteiger partial charge in [-0.1, -0.05) is 70.1 Å². The fourth-order valence-electron chi connectivity index (χ4n) is 2.13. The van der Waals surface area contributed by atoms with Crippen LogP contribution in [-0.2, 0) is 0 Å². The van der Waals surface area contributed by atoms with Crippen LogP contribution in [0.25, 0.3) is 0 Å². The lowest BCUT2D eigenvalue weighted by Gasteiger charge is -2.04. The SMILES string of the molecule is CCCCCCCCCCSc1ccccc1C=O. The van der Waals surface area contributed by atoms with Gasteiger partial charge in [0.1, 0.15) is 0 Å². The van der Waals surface area contributed by atoms with Gasteiger partial charge < -0.3 is 0 Å². The molecule has 0 heterocycles. The Morgan fingerprint density at radius 1 is 0.947 bits per heavy atom. The maximum Gasteiger partial charge on any atom is 0.151 e. The Balaban J connectivity index is 2.03. The van der Waals surface area contributed by atoms with Crippen LogP contribution in [0.15, 0.2) is 29.2 Å². The van der Waals surface area contributed by atoms with Crippen LogP contribution >= 0.6 is 11.8 Å². The van der Waals surface area contributed by atoms with Crippen molar-refractivity contribution in [1.29, 1.82) is 0 Å². The highest BCUT2D eigenvalue weighted by molar-refractivity contribution is 7.99. The second-order valence-corrected chi connectivity index (χ2v) is 6.12. The summed E-state index contributed by atoms with van der Waals surface area (Å²) in [4.78, 5) is 12.0. The molecule has 1 aromatic rings. The molecule has 0 amide bonds. The molecule has 1 nitrogen and oxygen atoms in total. The first-order chi connectivity index (χ1) is 9.38. The van der Waals surface area contributed by atoms with Crippen LogP contribution in [0.1, 0.15) is 68.6 Å². The molecule has 19 heavy (non-hydrogen) atoms. The monoisotopic (exact) mass is 278 g/mol. The number of rotatable bonds is 11. The predicted octanol–water partition coefficient (Wildman–Crippen LogP) is 5.73. The maximum atomic E-state index is 10.9. The van der Waals surface area contributed by atoms with Crippen molar-refractivity contribution in [3.8, 4) is 0 Å². The lowest BCUT2D eigenvalue weighted by Crippen LogP contribution is -1.87. The number of benzene rings is 1. The predicted molar refractivity (Wildman–Crippen MR) is 85.2 cm³/mol. The lowest BCUT2D eigenvalue weighted by molar-refractivity contribution is 0.112. The average Bonchev–Trinajstić information content (AvgIpc) is 2.46. The van der Waals surface area contributed by atoms with Gasteiger partial charge >= 0.3 is 0 Å². The molecule has 0 aliphatic heterocycles. The number of carbonyl (C=O) groups is 1. The van der Waals surface area contributed by atoms with E-state index in [-0.39, 0.29) is 0 Å². The van der Waals surface area contributed by atoms with Gasteiger partial charge in [0, 0.05) is 10.5 Å². The molecule has 0 bridgehead atoms. The van der Waals surface area contributed by atoms with E-state index in [0.717, 1.165) is 22.5 Å². The highest BCUT2D eigenvalue weighted by Gasteiger charge is 2.00. The molecular weight excluding hydrogens is 252 g/mol. The molecule has 0 aromatic heterocycles. The Kier molecular flexibility index (Phi) is 9.52. The van der Waals surface area contributed by atoms with E-state index in [0.29, 0.717) is 0 Å². The Hall–Kier alpha value is -0.760. The summed E-state index contributed by atoms with van der Waals surface area (Å²) in [5.74, 6) is 1.12. The molecule has 0 aliphatic rings. The first-order valence-corrected chi connectivity index (χ1v) is 8.54. The number of hydrogen-bond donors (Lipinski definition) is 0. The molecule has 1 aromatic carbocycles. The smallest absolute Gasteiger partial charge is 0.151 e. The largest absolute Gasteiger partial charge is 0.298 e. The number of thioether (sulfide) groups is 1. The third kappa shape index (κ3) is 7.41. The quantitative estimate of drug-likeness (QED) is 0.292. The van der Waals surface area contributed by atoms with Crippen LogP contribution in [0.2, 0.25) is 0 Å². The summed E-state index contributed by atoms with van der Waals surface area (Å²) in [6, 6.07) is 7.86. The summed E-state index contributed by atoms with van der Waals surface area (Å²) in [6.07, 6.45) is 11.8. The zero-order valence-electron chi connectivity index (χ0n) is 12.1. The normalized spacial score (nSPS) is 10.6. The minimum absolute atomic E-state index is 0.826. The van der Waals surface area contributed by atoms with E-state index >= 15 is 0 Å². The Labute approximate surface area is 122 Å². The van der Waals surface area contributed by atoms with Crippen LogP contribution in [-0.4, -0.2) is 12.0 Å². The van der Waals surface area contributed by atoms with Gasteiger partial charge in [-0.2, -0.15) is 0 Å². The van der Waals surface area contributed by atoms with Crippen molar-refractivity contribution >= 4 is 18.0 Å². The molecule has 0 fully saturated rings. The van der Waals surface area contributed by atoms with E-state index < -0.39 is 0 Å². The molecule has 0 unspecified atom stereocenters. The van der Waals surface area contributed by atoms with Gasteiger partial charge in [0.05, 0.1) is 0 Å². The second-order valence-electron chi connectivity index (χ2n) is 4.98. The maximum absolute atomic E-state index is 10.9. The summed E-state index contributed by atoms with van der Waals surface area (Å²) < 4.78 is 0. The van der Waals surface area contributed by atoms with Crippen molar-refractivity contribution < 1.29 is 4.79 Å². The van der Waals surface area contributed by atoms with E-state index in [1.165, 1.54) is 51.4 Å². The van der Waals surface area contributed by atoms with Gasteiger partial charge in [-0.15, -0.1) is 11.8 Å². The number of hydrogen-bond acceptors (Lipinski definition) is 2. The third-order valence-electron chi connectivity index (χ3n) is 3.30. The van der Waals surface area contributed by atoms with Crippen LogP contribution in [0.4, 0.5) is 0 Å². The van der Waals surface area contributed by atoms with Crippen molar-refractivity contribution in [2.75, 3.05) is 5.75 Å². The van der Waals surface area contributed by atoms with E-state index in [1.54, 1.807) is 0 Å². The second kappa shape index (κ2) is 11.1. The number of carbonyl (C=O) groups excluding carboxylic acids is 1. The Bertz CT molecular complexity index is 349. The van der Waals surface area contributed by atoms with E-state index in [9.17, 15) is 4.79 Å². The molecular formula is C17H26OS. The first-order valence-electron chi connectivity index (χ1n) is 7.55. The molecule has 0 N–H and O–H groups in total. The number of aldehydes is 1. The summed E-state index contributed by atoms with van der Waals surface area (Å²) in [7, 11) is 0. The van der Waals surface area contributed by atoms with E-state index in [2.05, 4.69) is 6.92 Å². The highest BCUT2D eigenvalue weighted by Crippen LogP contribution is 2.23. The van der Waals surface area contributed by atoms with Crippen molar-refractivity contribution in [3.05, 3.63) is 29.8 Å². The molecule has 1 rings (SSSR count). The van der Waals surface area contributed by atoms with Crippen LogP contribution < -0.4 is 0 Å². The highest BCUT2D eigenvalue weighted by atomic mass is 32.2. The van der Waals surface area contributed by atoms with Gasteiger partial charge in [0.15, 0.2) is 6.29 Å². The minimum Gasteiger partial charge on any atom is -0.298 e. The van der Waals surface area contributed by atoms with Gasteiger partial charge in [-0.05, 0) is 18.2 Å². The number of unbranched alkanes of at least 4 members (excludes halogenated alkanes) is 7. The molecule has 106 valence electrons. The fourth-order valence-corrected chi connectivity index (χ4v) is 3.15. The average molecular weight is 278 g/mol. The molecule has 0 atom stereocenters. The van der Waals surface area contributed by atoms with E-state index in [1.807, 2.05) is 36.0 Å². The Morgan fingerprint density at radius 2 is 1.58 bits per heavy atom. The minimum atomic E-state index is 0.826. The zero-order valence-corrected chi connectivity index (χ0v) is 12.9. The molecule has 0 spiro atoms. The summed E-state index contributed by atoms with van der Waals surface area (Å²) in [6.45, 7) is 2.26. The topological polar surface area (TPSA) is 17.1 Å². The molecule has 0 radical (unpaired) electrons. The van der Waals surface area contributed by atoms with E-state index in [4.69, 9.17) is 0 Å². The van der Waals surface area contributed by atoms with Crippen LogP contribution in [0.3, 0.4) is 0 Å². The molecule has 0 aliphatic carbocycles. The third-order valence-corrected chi connectivity index (χ3v) is 4.48. The summed E-state index contributed by atoms with van der Waals surface area (Å²) >= 11 is 1.81. The van der Waals surface area contributed by atoms with Crippen molar-refractivity contribution in [1.82, 2.24) is 0 Å². The van der Waals surface area contributed by atoms with Crippen molar-refractivity contribution in [2.24, 2.45) is 0 Å². The van der Waals surface area contributed by atoms with Gasteiger partial charge in [0.2, 0.25) is 0 Å². The van der Waals surface area contributed by atoms with Gasteiger partial charge in [0.25, 0.3) is 0 Å². The lowest BCUT2D eigenvalue weighted by atomic mass is 10.1. The molecule has 2 heteroatoms. The summed E-state index contributed by atoms with van der Waals surface area (Å²) in [5, 5.41) is 0. The van der Waals surface area contributed by atoms with Crippen LogP contribution in [0, 0.1) is 0 Å². The van der Waals surface area contributed by atoms with Crippen molar-refractivity contribution in [2.45, 2.75) is 63.2 Å². The zero-order chi connectivity index (χ0) is 13.8. The summed E-state index contributed by atoms with van der Waals surface area (Å²) in [5.41, 5.74) is 0.826. The standard InChI is InChI=1S/C17H26OS/c1-2-3-4-5-6-7-8-11-14-19-17-13-10-9-12-16(17)15-18/h9-10,12-13,15H,2-8,11,14H2,1H3. The van der Waals surface area contributed by atoms with Crippen LogP contribution in [0.5, 0.6) is 0 Å². The van der Waals surface area contributed by atoms with Gasteiger partial charge in [-0.25, -0.2) is 0 Å². The van der Waals surface area contributed by atoms with Crippen molar-refractivity contribution in [3.63, 3.8) is 0 Å². The Morgan fingerprint density at radius 3 is 2.26 bits per heavy atom. The molecule has 0 saturated heterocycles. The van der Waals surface area contributed by atoms with Gasteiger partial charge in [-0.3, -0.25) is 4.79 Å².